The third-order valence-electron chi connectivity index (χ3n) is 16.8. The quantitative estimate of drug-likeness (QED) is 0.121. The van der Waals surface area contributed by atoms with Gasteiger partial charge in [-0.15, -0.1) is 0 Å². The zero-order valence-electron chi connectivity index (χ0n) is 46.6. The topological polar surface area (TPSA) is 43.4 Å². The fourth-order valence-electron chi connectivity index (χ4n) is 13.0. The van der Waals surface area contributed by atoms with Crippen LogP contribution < -0.4 is 0 Å². The van der Waals surface area contributed by atoms with E-state index in [0.717, 1.165) is 86.9 Å². The van der Waals surface area contributed by atoms with Gasteiger partial charge in [0.2, 0.25) is 0 Å². The standard InChI is InChI=1S/C79H51F3O3S2/c80-79(81,82)87(83,84)85-86(60-34-2-1-3-35-60,77-73(69-44-18-30-54-24-6-12-38-63(54)69)48-58(67-42-16-28-52-22-4-10-36-61(52)67)49-74(77)70-45-19-31-55-25-7-13-39-64(55)70)78-75(71-46-20-32-56-26-8-14-40-65(56)71)50-59(68-43-17-29-53-23-5-11-37-62(53)68)51-76(78)72-47-21-33-57-27-9-15-41-66(57)72/h1-51H. The van der Waals surface area contributed by atoms with Gasteiger partial charge in [-0.3, -0.25) is 0 Å². The van der Waals surface area contributed by atoms with Crippen LogP contribution in [0.3, 0.4) is 0 Å². The monoisotopic (exact) mass is 1170 g/mol. The summed E-state index contributed by atoms with van der Waals surface area (Å²) in [4.78, 5) is 0.748. The number of hydrogen-bond acceptors (Lipinski definition) is 3. The van der Waals surface area contributed by atoms with Crippen LogP contribution in [0.4, 0.5) is 13.2 Å². The summed E-state index contributed by atoms with van der Waals surface area (Å²) in [7, 11) is -11.1. The van der Waals surface area contributed by atoms with E-state index in [4.69, 9.17) is 3.63 Å². The smallest absolute Gasteiger partial charge is 0.200 e. The van der Waals surface area contributed by atoms with E-state index in [9.17, 15) is 0 Å². The Morgan fingerprint density at radius 2 is 0.483 bits per heavy atom. The molecule has 418 valence electrons. The lowest BCUT2D eigenvalue weighted by molar-refractivity contribution is -0.0496. The summed E-state index contributed by atoms with van der Waals surface area (Å²) in [5, 5.41) is 10.6. The molecule has 15 rings (SSSR count). The van der Waals surface area contributed by atoms with Crippen molar-refractivity contribution >= 4 is 85.1 Å². The molecule has 0 aliphatic heterocycles. The Hall–Kier alpha value is -10.1. The molecule has 0 heterocycles. The van der Waals surface area contributed by atoms with E-state index in [-0.39, 0.29) is 14.7 Å². The van der Waals surface area contributed by atoms with E-state index in [1.807, 2.05) is 206 Å². The molecule has 8 heteroatoms. The van der Waals surface area contributed by atoms with E-state index in [2.05, 4.69) is 72.8 Å². The van der Waals surface area contributed by atoms with Gasteiger partial charge in [0.25, 0.3) is 0 Å². The van der Waals surface area contributed by atoms with Crippen molar-refractivity contribution in [1.82, 2.24) is 0 Å². The second-order valence-electron chi connectivity index (χ2n) is 21.8. The Balaban J connectivity index is 1.26. The summed E-state index contributed by atoms with van der Waals surface area (Å²) in [5.74, 6) is 0. The Kier molecular flexibility index (Phi) is 13.2. The van der Waals surface area contributed by atoms with E-state index in [1.54, 1.807) is 30.3 Å². The summed E-state index contributed by atoms with van der Waals surface area (Å²) in [6.45, 7) is 0. The van der Waals surface area contributed by atoms with Crippen molar-refractivity contribution in [2.24, 2.45) is 0 Å². The first-order chi connectivity index (χ1) is 42.5. The number of benzene rings is 15. The van der Waals surface area contributed by atoms with Crippen LogP contribution in [0.1, 0.15) is 0 Å². The summed E-state index contributed by atoms with van der Waals surface area (Å²) in [5.41, 5.74) is 1.97. The zero-order valence-corrected chi connectivity index (χ0v) is 48.3. The summed E-state index contributed by atoms with van der Waals surface area (Å²) in [6, 6.07) is 101. The largest absolute Gasteiger partial charge is 0.524 e. The van der Waals surface area contributed by atoms with Gasteiger partial charge in [0, 0.05) is 14.7 Å². The van der Waals surface area contributed by atoms with Crippen LogP contribution in [0, 0.1) is 0 Å². The third kappa shape index (κ3) is 9.15. The van der Waals surface area contributed by atoms with E-state index in [1.165, 1.54) is 0 Å². The van der Waals surface area contributed by atoms with Gasteiger partial charge in [-0.05, 0) is 178 Å². The van der Waals surface area contributed by atoms with Gasteiger partial charge in [0.15, 0.2) is 0 Å². The molecule has 0 amide bonds. The average molecular weight is 1170 g/mol. The van der Waals surface area contributed by atoms with Crippen molar-refractivity contribution in [3.8, 4) is 66.8 Å². The first-order valence-corrected chi connectivity index (χ1v) is 31.7. The van der Waals surface area contributed by atoms with Crippen LogP contribution in [0.15, 0.2) is 324 Å². The van der Waals surface area contributed by atoms with Gasteiger partial charge in [-0.2, -0.15) is 25.2 Å². The van der Waals surface area contributed by atoms with Crippen molar-refractivity contribution in [2.45, 2.75) is 20.2 Å². The SMILES string of the molecule is O=S(=O)(OS(c1ccccc1)(c1c(-c2cccc3ccccc23)cc(-c2cccc3ccccc23)cc1-c1cccc2ccccc12)c1c(-c2cccc3ccccc23)cc(-c2cccc3ccccc23)cc1-c1cccc2ccccc12)C(F)(F)F. The predicted octanol–water partition coefficient (Wildman–Crippen LogP) is 22.7. The number of rotatable bonds is 11. The molecule has 0 aliphatic carbocycles. The third-order valence-corrected chi connectivity index (χ3v) is 21.9. The van der Waals surface area contributed by atoms with Crippen molar-refractivity contribution in [1.29, 1.82) is 0 Å². The number of fused-ring (bicyclic) bond motifs is 6. The van der Waals surface area contributed by atoms with E-state index >= 15 is 21.6 Å². The molecule has 15 aromatic rings. The fourth-order valence-corrected chi connectivity index (χ4v) is 18.4. The highest BCUT2D eigenvalue weighted by molar-refractivity contribution is 8.33. The van der Waals surface area contributed by atoms with Crippen LogP contribution in [0.25, 0.3) is 131 Å². The minimum Gasteiger partial charge on any atom is -0.200 e. The van der Waals surface area contributed by atoms with Crippen molar-refractivity contribution in [3.05, 3.63) is 309 Å². The van der Waals surface area contributed by atoms with Crippen LogP contribution in [0.5, 0.6) is 0 Å². The molecule has 0 bridgehead atoms. The van der Waals surface area contributed by atoms with Gasteiger partial charge < -0.3 is 0 Å². The molecule has 15 aromatic carbocycles. The highest BCUT2D eigenvalue weighted by Gasteiger charge is 2.55. The molecule has 0 spiro atoms. The van der Waals surface area contributed by atoms with Crippen LogP contribution in [0.2, 0.25) is 0 Å². The first-order valence-electron chi connectivity index (χ1n) is 28.7. The van der Waals surface area contributed by atoms with Gasteiger partial charge in [0.05, 0.1) is 0 Å². The minimum absolute atomic E-state index is 0.222. The van der Waals surface area contributed by atoms with Gasteiger partial charge in [-0.1, -0.05) is 273 Å². The summed E-state index contributed by atoms with van der Waals surface area (Å²) < 4.78 is 88.0. The van der Waals surface area contributed by atoms with Crippen molar-refractivity contribution in [2.75, 3.05) is 0 Å². The molecule has 0 atom stereocenters. The Labute approximate surface area is 503 Å². The molecule has 0 N–H and O–H groups in total. The minimum atomic E-state index is -6.61. The maximum absolute atomic E-state index is 16.6. The van der Waals surface area contributed by atoms with Crippen LogP contribution >= 0.6 is 10.3 Å². The number of alkyl halides is 3. The Morgan fingerprint density at radius 3 is 0.759 bits per heavy atom. The summed E-state index contributed by atoms with van der Waals surface area (Å²) >= 11 is 0. The fraction of sp³-hybridized carbons (Fsp3) is 0.0127. The van der Waals surface area contributed by atoms with Crippen molar-refractivity contribution in [3.63, 3.8) is 0 Å². The second kappa shape index (κ2) is 21.5. The molecule has 0 aliphatic rings. The molecule has 0 aromatic heterocycles. The Morgan fingerprint density at radius 1 is 0.253 bits per heavy atom. The lowest BCUT2D eigenvalue weighted by Gasteiger charge is -2.45. The molecule has 0 saturated heterocycles. The molecule has 0 fully saturated rings. The molecule has 3 nitrogen and oxygen atoms in total. The molecule has 0 unspecified atom stereocenters. The van der Waals surface area contributed by atoms with Crippen LogP contribution in [-0.4, -0.2) is 13.9 Å². The number of halogens is 3. The predicted molar refractivity (Wildman–Crippen MR) is 355 cm³/mol. The average Bonchev–Trinajstić information content (AvgIpc) is 0.711. The maximum Gasteiger partial charge on any atom is 0.524 e. The van der Waals surface area contributed by atoms with E-state index in [0.29, 0.717) is 44.5 Å². The molecule has 0 saturated carbocycles. The number of hydrogen-bond donors (Lipinski definition) is 0. The second-order valence-corrected chi connectivity index (χ2v) is 26.1. The first kappa shape index (κ1) is 53.6. The summed E-state index contributed by atoms with van der Waals surface area (Å²) in [6.07, 6.45) is 0. The lowest BCUT2D eigenvalue weighted by Crippen LogP contribution is -2.28. The molecule has 87 heavy (non-hydrogen) atoms. The highest BCUT2D eigenvalue weighted by atomic mass is 32.3. The molecule has 0 radical (unpaired) electrons. The van der Waals surface area contributed by atoms with Crippen LogP contribution in [-0.2, 0) is 13.7 Å². The van der Waals surface area contributed by atoms with Crippen molar-refractivity contribution < 1.29 is 25.2 Å². The Bertz CT molecular complexity index is 4830. The highest BCUT2D eigenvalue weighted by Crippen LogP contribution is 2.78. The van der Waals surface area contributed by atoms with E-state index < -0.39 is 25.9 Å². The lowest BCUT2D eigenvalue weighted by atomic mass is 9.88. The maximum atomic E-state index is 16.6. The molecular formula is C79H51F3O3S2. The molecular weight excluding hydrogens is 1120 g/mol. The van der Waals surface area contributed by atoms with Gasteiger partial charge in [0.1, 0.15) is 0 Å². The van der Waals surface area contributed by atoms with Gasteiger partial charge in [-0.25, -0.2) is 0 Å². The zero-order chi connectivity index (χ0) is 58.9. The normalized spacial score (nSPS) is 12.4. The van der Waals surface area contributed by atoms with Gasteiger partial charge >= 0.3 is 15.6 Å².